The SMILES string of the molecule is O=C(NCc1ccccc1CN1CCCCC1)NC1CCc2ccccc21. The van der Waals surface area contributed by atoms with E-state index in [9.17, 15) is 4.79 Å². The van der Waals surface area contributed by atoms with Gasteiger partial charge in [-0.3, -0.25) is 4.90 Å². The van der Waals surface area contributed by atoms with Gasteiger partial charge in [-0.2, -0.15) is 0 Å². The van der Waals surface area contributed by atoms with Crippen LogP contribution in [0.1, 0.15) is 54.0 Å². The first kappa shape index (κ1) is 18.1. The molecule has 0 aromatic heterocycles. The average Bonchev–Trinajstić information content (AvgIpc) is 3.11. The lowest BCUT2D eigenvalue weighted by Crippen LogP contribution is -2.37. The summed E-state index contributed by atoms with van der Waals surface area (Å²) in [6.07, 6.45) is 5.97. The lowest BCUT2D eigenvalue weighted by Gasteiger charge is -2.27. The Morgan fingerprint density at radius 1 is 0.963 bits per heavy atom. The third kappa shape index (κ3) is 4.51. The van der Waals surface area contributed by atoms with Crippen LogP contribution in [0.4, 0.5) is 4.79 Å². The van der Waals surface area contributed by atoms with E-state index < -0.39 is 0 Å². The first-order valence-electron chi connectivity index (χ1n) is 10.2. The monoisotopic (exact) mass is 363 g/mol. The molecule has 4 rings (SSSR count). The molecule has 0 bridgehead atoms. The number of hydrogen-bond donors (Lipinski definition) is 2. The van der Waals surface area contributed by atoms with Crippen LogP contribution in [0.3, 0.4) is 0 Å². The van der Waals surface area contributed by atoms with Crippen molar-refractivity contribution in [3.8, 4) is 0 Å². The predicted octanol–water partition coefficient (Wildman–Crippen LogP) is 4.16. The van der Waals surface area contributed by atoms with Crippen molar-refractivity contribution in [3.05, 3.63) is 70.8 Å². The smallest absolute Gasteiger partial charge is 0.315 e. The van der Waals surface area contributed by atoms with Crippen LogP contribution < -0.4 is 10.6 Å². The fourth-order valence-electron chi connectivity index (χ4n) is 4.33. The number of piperidine rings is 1. The summed E-state index contributed by atoms with van der Waals surface area (Å²) in [5.74, 6) is 0. The number of hydrogen-bond acceptors (Lipinski definition) is 2. The molecule has 0 saturated carbocycles. The minimum Gasteiger partial charge on any atom is -0.334 e. The third-order valence-corrected chi connectivity index (χ3v) is 5.84. The lowest BCUT2D eigenvalue weighted by molar-refractivity contribution is 0.220. The van der Waals surface area contributed by atoms with Gasteiger partial charge in [0.1, 0.15) is 0 Å². The van der Waals surface area contributed by atoms with Crippen LogP contribution in [0.5, 0.6) is 0 Å². The first-order valence-corrected chi connectivity index (χ1v) is 10.2. The summed E-state index contributed by atoms with van der Waals surface area (Å²) in [5, 5.41) is 6.21. The summed E-state index contributed by atoms with van der Waals surface area (Å²) in [5.41, 5.74) is 5.16. The fourth-order valence-corrected chi connectivity index (χ4v) is 4.33. The van der Waals surface area contributed by atoms with Gasteiger partial charge in [-0.1, -0.05) is 55.0 Å². The minimum atomic E-state index is -0.0792. The van der Waals surface area contributed by atoms with E-state index in [1.165, 1.54) is 54.6 Å². The minimum absolute atomic E-state index is 0.0792. The summed E-state index contributed by atoms with van der Waals surface area (Å²) in [7, 11) is 0. The number of nitrogens with one attached hydrogen (secondary N) is 2. The van der Waals surface area contributed by atoms with E-state index in [1.807, 2.05) is 6.07 Å². The summed E-state index contributed by atoms with van der Waals surface area (Å²) in [6.45, 7) is 3.92. The highest BCUT2D eigenvalue weighted by atomic mass is 16.2. The molecule has 142 valence electrons. The van der Waals surface area contributed by atoms with Crippen molar-refractivity contribution in [2.45, 2.75) is 51.2 Å². The van der Waals surface area contributed by atoms with E-state index in [2.05, 4.69) is 58.0 Å². The molecule has 2 amide bonds. The zero-order chi connectivity index (χ0) is 18.5. The molecular formula is C23H29N3O. The zero-order valence-corrected chi connectivity index (χ0v) is 15.9. The van der Waals surface area contributed by atoms with Gasteiger partial charge in [0.15, 0.2) is 0 Å². The van der Waals surface area contributed by atoms with Crippen molar-refractivity contribution in [1.29, 1.82) is 0 Å². The number of rotatable bonds is 5. The quantitative estimate of drug-likeness (QED) is 0.838. The molecule has 1 aliphatic heterocycles. The molecule has 1 heterocycles. The zero-order valence-electron chi connectivity index (χ0n) is 15.9. The summed E-state index contributed by atoms with van der Waals surface area (Å²) < 4.78 is 0. The van der Waals surface area contributed by atoms with E-state index >= 15 is 0 Å². The molecule has 27 heavy (non-hydrogen) atoms. The molecule has 2 N–H and O–H groups in total. The van der Waals surface area contributed by atoms with Crippen LogP contribution in [-0.4, -0.2) is 24.0 Å². The van der Waals surface area contributed by atoms with E-state index in [-0.39, 0.29) is 12.1 Å². The highest BCUT2D eigenvalue weighted by Crippen LogP contribution is 2.30. The lowest BCUT2D eigenvalue weighted by atomic mass is 10.0. The Balaban J connectivity index is 1.33. The van der Waals surface area contributed by atoms with Crippen molar-refractivity contribution in [3.63, 3.8) is 0 Å². The molecule has 1 aliphatic carbocycles. The number of benzene rings is 2. The van der Waals surface area contributed by atoms with Crippen LogP contribution >= 0.6 is 0 Å². The maximum atomic E-state index is 12.5. The van der Waals surface area contributed by atoms with E-state index in [1.54, 1.807) is 0 Å². The topological polar surface area (TPSA) is 44.4 Å². The second-order valence-corrected chi connectivity index (χ2v) is 7.72. The first-order chi connectivity index (χ1) is 13.3. The number of carbonyl (C=O) groups is 1. The van der Waals surface area contributed by atoms with Gasteiger partial charge in [0.2, 0.25) is 0 Å². The maximum absolute atomic E-state index is 12.5. The molecule has 1 saturated heterocycles. The number of carbonyl (C=O) groups excluding carboxylic acids is 1. The molecule has 2 aliphatic rings. The largest absolute Gasteiger partial charge is 0.334 e. The van der Waals surface area contributed by atoms with Crippen molar-refractivity contribution < 1.29 is 4.79 Å². The maximum Gasteiger partial charge on any atom is 0.315 e. The van der Waals surface area contributed by atoms with Gasteiger partial charge >= 0.3 is 6.03 Å². The Morgan fingerprint density at radius 3 is 2.56 bits per heavy atom. The van der Waals surface area contributed by atoms with Gasteiger partial charge in [-0.05, 0) is 61.0 Å². The molecule has 0 radical (unpaired) electrons. The van der Waals surface area contributed by atoms with Gasteiger partial charge < -0.3 is 10.6 Å². The van der Waals surface area contributed by atoms with Gasteiger partial charge in [0, 0.05) is 13.1 Å². The second kappa shape index (κ2) is 8.57. The van der Waals surface area contributed by atoms with Crippen LogP contribution in [-0.2, 0) is 19.5 Å². The van der Waals surface area contributed by atoms with E-state index in [4.69, 9.17) is 0 Å². The Morgan fingerprint density at radius 2 is 1.70 bits per heavy atom. The Kier molecular flexibility index (Phi) is 5.73. The third-order valence-electron chi connectivity index (χ3n) is 5.84. The highest BCUT2D eigenvalue weighted by Gasteiger charge is 2.23. The molecule has 4 nitrogen and oxygen atoms in total. The number of fused-ring (bicyclic) bond motifs is 1. The van der Waals surface area contributed by atoms with Crippen LogP contribution in [0.15, 0.2) is 48.5 Å². The fraction of sp³-hybridized carbons (Fsp3) is 0.435. The average molecular weight is 364 g/mol. The molecule has 1 fully saturated rings. The number of urea groups is 1. The summed E-state index contributed by atoms with van der Waals surface area (Å²) >= 11 is 0. The van der Waals surface area contributed by atoms with Gasteiger partial charge in [-0.15, -0.1) is 0 Å². The number of aryl methyl sites for hydroxylation is 1. The van der Waals surface area contributed by atoms with E-state index in [0.717, 1.165) is 19.4 Å². The van der Waals surface area contributed by atoms with Crippen molar-refractivity contribution in [1.82, 2.24) is 15.5 Å². The van der Waals surface area contributed by atoms with Crippen LogP contribution in [0, 0.1) is 0 Å². The van der Waals surface area contributed by atoms with Crippen molar-refractivity contribution in [2.75, 3.05) is 13.1 Å². The summed E-state index contributed by atoms with van der Waals surface area (Å²) in [4.78, 5) is 15.0. The number of likely N-dealkylation sites (tertiary alicyclic amines) is 1. The molecule has 1 atom stereocenters. The van der Waals surface area contributed by atoms with Gasteiger partial charge in [0.05, 0.1) is 6.04 Å². The molecule has 1 unspecified atom stereocenters. The number of amides is 2. The second-order valence-electron chi connectivity index (χ2n) is 7.72. The van der Waals surface area contributed by atoms with E-state index in [0.29, 0.717) is 6.54 Å². The number of nitrogens with zero attached hydrogens (tertiary/aromatic N) is 1. The predicted molar refractivity (Wildman–Crippen MR) is 108 cm³/mol. The molecular weight excluding hydrogens is 334 g/mol. The normalized spacial score (nSPS) is 19.5. The summed E-state index contributed by atoms with van der Waals surface area (Å²) in [6, 6.07) is 16.9. The van der Waals surface area contributed by atoms with Crippen LogP contribution in [0.2, 0.25) is 0 Å². The molecule has 2 aromatic carbocycles. The van der Waals surface area contributed by atoms with Crippen molar-refractivity contribution >= 4 is 6.03 Å². The Hall–Kier alpha value is -2.33. The highest BCUT2D eigenvalue weighted by molar-refractivity contribution is 5.74. The van der Waals surface area contributed by atoms with Crippen LogP contribution in [0.25, 0.3) is 0 Å². The molecule has 0 spiro atoms. The van der Waals surface area contributed by atoms with Gasteiger partial charge in [-0.25, -0.2) is 4.79 Å². The molecule has 4 heteroatoms. The Labute approximate surface area is 162 Å². The van der Waals surface area contributed by atoms with Crippen molar-refractivity contribution in [2.24, 2.45) is 0 Å². The van der Waals surface area contributed by atoms with Gasteiger partial charge in [0.25, 0.3) is 0 Å². The molecule has 2 aromatic rings. The Bertz CT molecular complexity index is 783. The standard InChI is InChI=1S/C23H29N3O/c27-23(25-22-13-12-18-8-4-5-11-21(18)22)24-16-19-9-2-3-10-20(19)17-26-14-6-1-7-15-26/h2-5,8-11,22H,1,6-7,12-17H2,(H2,24,25,27).